The Bertz CT molecular complexity index is 477. The first-order valence-corrected chi connectivity index (χ1v) is 7.51. The summed E-state index contributed by atoms with van der Waals surface area (Å²) in [5.74, 6) is 1.13. The number of carbonyl (C=O) groups excluding carboxylic acids is 2. The summed E-state index contributed by atoms with van der Waals surface area (Å²) < 4.78 is 5.79. The molecule has 1 rings (SSSR count). The van der Waals surface area contributed by atoms with Gasteiger partial charge in [-0.05, 0) is 30.9 Å². The van der Waals surface area contributed by atoms with Crippen LogP contribution in [0.15, 0.2) is 24.3 Å². The predicted octanol–water partition coefficient (Wildman–Crippen LogP) is 1.97. The molecule has 0 saturated carbocycles. The molecular weight excluding hydrogens is 282 g/mol. The van der Waals surface area contributed by atoms with Gasteiger partial charge < -0.3 is 20.7 Å². The Labute approximate surface area is 131 Å². The molecule has 6 nitrogen and oxygen atoms in total. The van der Waals surface area contributed by atoms with E-state index in [1.807, 2.05) is 24.3 Å². The number of hydrogen-bond acceptors (Lipinski definition) is 3. The number of ether oxygens (including phenoxy) is 1. The highest BCUT2D eigenvalue weighted by Gasteiger charge is 2.12. The monoisotopic (exact) mass is 307 g/mol. The minimum atomic E-state index is -0.437. The van der Waals surface area contributed by atoms with E-state index in [1.165, 1.54) is 0 Å². The highest BCUT2D eigenvalue weighted by molar-refractivity contribution is 5.73. The van der Waals surface area contributed by atoms with E-state index in [1.54, 1.807) is 6.92 Å². The first-order chi connectivity index (χ1) is 10.5. The maximum absolute atomic E-state index is 11.7. The summed E-state index contributed by atoms with van der Waals surface area (Å²) in [7, 11) is 0. The fourth-order valence-electron chi connectivity index (χ4n) is 1.97. The first kappa shape index (κ1) is 17.8. The van der Waals surface area contributed by atoms with Gasteiger partial charge in [-0.15, -0.1) is 0 Å². The van der Waals surface area contributed by atoms with E-state index in [4.69, 9.17) is 4.74 Å². The maximum atomic E-state index is 11.7. The number of para-hydroxylation sites is 1. The van der Waals surface area contributed by atoms with Crippen molar-refractivity contribution in [2.24, 2.45) is 0 Å². The zero-order valence-corrected chi connectivity index (χ0v) is 13.4. The molecule has 0 bridgehead atoms. The zero-order valence-electron chi connectivity index (χ0n) is 13.4. The molecule has 0 fully saturated rings. The van der Waals surface area contributed by atoms with Crippen molar-refractivity contribution in [1.29, 1.82) is 0 Å². The Morgan fingerprint density at radius 1 is 1.23 bits per heavy atom. The van der Waals surface area contributed by atoms with Crippen molar-refractivity contribution in [1.82, 2.24) is 16.0 Å². The van der Waals surface area contributed by atoms with Crippen molar-refractivity contribution in [2.75, 3.05) is 13.1 Å². The number of carbonyl (C=O) groups is 2. The van der Waals surface area contributed by atoms with Crippen LogP contribution < -0.4 is 20.7 Å². The van der Waals surface area contributed by atoms with Crippen LogP contribution in [0.3, 0.4) is 0 Å². The largest absolute Gasteiger partial charge is 0.471 e. The van der Waals surface area contributed by atoms with E-state index in [0.29, 0.717) is 31.8 Å². The second-order valence-electron chi connectivity index (χ2n) is 5.28. The summed E-state index contributed by atoms with van der Waals surface area (Å²) >= 11 is 0. The van der Waals surface area contributed by atoms with E-state index < -0.39 is 6.23 Å². The normalized spacial score (nSPS) is 11.6. The third-order valence-corrected chi connectivity index (χ3v) is 3.05. The van der Waals surface area contributed by atoms with Gasteiger partial charge in [0.2, 0.25) is 6.41 Å². The molecule has 0 heterocycles. The van der Waals surface area contributed by atoms with E-state index in [9.17, 15) is 9.59 Å². The van der Waals surface area contributed by atoms with Crippen LogP contribution in [0.4, 0.5) is 4.79 Å². The number of amides is 3. The summed E-state index contributed by atoms with van der Waals surface area (Å²) in [6.45, 7) is 7.00. The first-order valence-electron chi connectivity index (χ1n) is 7.51. The Kier molecular flexibility index (Phi) is 7.81. The standard InChI is InChI=1S/C16H25N3O3/c1-12(2)14-7-4-5-8-15(14)22-13(3)19-16(21)18-10-6-9-17-11-20/h4-5,7-8,11-13H,6,9-10H2,1-3H3,(H,17,20)(H2,18,19,21). The van der Waals surface area contributed by atoms with Gasteiger partial charge in [-0.25, -0.2) is 4.79 Å². The van der Waals surface area contributed by atoms with Gasteiger partial charge in [-0.2, -0.15) is 0 Å². The molecule has 0 aliphatic carbocycles. The van der Waals surface area contributed by atoms with Crippen LogP contribution in [0.1, 0.15) is 38.7 Å². The molecule has 6 heteroatoms. The zero-order chi connectivity index (χ0) is 16.4. The average Bonchev–Trinajstić information content (AvgIpc) is 2.47. The summed E-state index contributed by atoms with van der Waals surface area (Å²) in [5.41, 5.74) is 1.11. The topological polar surface area (TPSA) is 79.5 Å². The Hall–Kier alpha value is -2.24. The van der Waals surface area contributed by atoms with Crippen LogP contribution in [0.5, 0.6) is 5.75 Å². The molecule has 1 atom stereocenters. The number of nitrogens with one attached hydrogen (secondary N) is 3. The van der Waals surface area contributed by atoms with Crippen molar-refractivity contribution in [3.05, 3.63) is 29.8 Å². The summed E-state index contributed by atoms with van der Waals surface area (Å²) in [6.07, 6.45) is 0.882. The second-order valence-corrected chi connectivity index (χ2v) is 5.28. The van der Waals surface area contributed by atoms with Crippen molar-refractivity contribution in [3.63, 3.8) is 0 Å². The van der Waals surface area contributed by atoms with Gasteiger partial charge in [0, 0.05) is 13.1 Å². The van der Waals surface area contributed by atoms with Gasteiger partial charge in [0.15, 0.2) is 6.23 Å². The van der Waals surface area contributed by atoms with Gasteiger partial charge in [0.25, 0.3) is 0 Å². The lowest BCUT2D eigenvalue weighted by Gasteiger charge is -2.20. The van der Waals surface area contributed by atoms with E-state index in [-0.39, 0.29) is 6.03 Å². The number of hydrogen-bond donors (Lipinski definition) is 3. The maximum Gasteiger partial charge on any atom is 0.317 e. The van der Waals surface area contributed by atoms with Crippen molar-refractivity contribution >= 4 is 12.4 Å². The number of rotatable bonds is 9. The van der Waals surface area contributed by atoms with Crippen LogP contribution in [0.2, 0.25) is 0 Å². The van der Waals surface area contributed by atoms with Gasteiger partial charge >= 0.3 is 6.03 Å². The van der Waals surface area contributed by atoms with Gasteiger partial charge in [-0.1, -0.05) is 32.0 Å². The molecule has 0 radical (unpaired) electrons. The van der Waals surface area contributed by atoms with Crippen LogP contribution in [-0.4, -0.2) is 31.8 Å². The second kappa shape index (κ2) is 9.65. The molecule has 0 aliphatic rings. The molecule has 0 aromatic heterocycles. The molecule has 1 unspecified atom stereocenters. The van der Waals surface area contributed by atoms with Crippen LogP contribution in [0.25, 0.3) is 0 Å². The van der Waals surface area contributed by atoms with E-state index in [0.717, 1.165) is 11.3 Å². The van der Waals surface area contributed by atoms with E-state index in [2.05, 4.69) is 29.8 Å². The number of benzene rings is 1. The number of urea groups is 1. The lowest BCUT2D eigenvalue weighted by molar-refractivity contribution is -0.109. The molecule has 1 aromatic carbocycles. The Balaban J connectivity index is 2.38. The average molecular weight is 307 g/mol. The van der Waals surface area contributed by atoms with Gasteiger partial charge in [0.05, 0.1) is 0 Å². The molecule has 0 saturated heterocycles. The lowest BCUT2D eigenvalue weighted by atomic mass is 10.0. The molecule has 22 heavy (non-hydrogen) atoms. The van der Waals surface area contributed by atoms with Crippen molar-refractivity contribution < 1.29 is 14.3 Å². The summed E-state index contributed by atoms with van der Waals surface area (Å²) in [4.78, 5) is 21.8. The molecule has 0 aliphatic heterocycles. The fourth-order valence-corrected chi connectivity index (χ4v) is 1.97. The third kappa shape index (κ3) is 6.47. The molecule has 122 valence electrons. The molecular formula is C16H25N3O3. The third-order valence-electron chi connectivity index (χ3n) is 3.05. The molecule has 3 amide bonds. The molecule has 1 aromatic rings. The fraction of sp³-hybridized carbons (Fsp3) is 0.500. The predicted molar refractivity (Wildman–Crippen MR) is 85.8 cm³/mol. The van der Waals surface area contributed by atoms with Crippen LogP contribution >= 0.6 is 0 Å². The Morgan fingerprint density at radius 2 is 1.95 bits per heavy atom. The summed E-state index contributed by atoms with van der Waals surface area (Å²) in [5, 5.41) is 7.97. The minimum Gasteiger partial charge on any atom is -0.471 e. The SMILES string of the molecule is CC(NC(=O)NCCCNC=O)Oc1ccccc1C(C)C. The highest BCUT2D eigenvalue weighted by atomic mass is 16.5. The van der Waals surface area contributed by atoms with Crippen LogP contribution in [0, 0.1) is 0 Å². The summed E-state index contributed by atoms with van der Waals surface area (Å²) in [6, 6.07) is 7.51. The van der Waals surface area contributed by atoms with Crippen LogP contribution in [-0.2, 0) is 4.79 Å². The molecule has 3 N–H and O–H groups in total. The van der Waals surface area contributed by atoms with Crippen molar-refractivity contribution in [3.8, 4) is 5.75 Å². The van der Waals surface area contributed by atoms with E-state index >= 15 is 0 Å². The quantitative estimate of drug-likeness (QED) is 0.371. The minimum absolute atomic E-state index is 0.291. The van der Waals surface area contributed by atoms with Gasteiger partial charge in [0.1, 0.15) is 5.75 Å². The Morgan fingerprint density at radius 3 is 2.64 bits per heavy atom. The highest BCUT2D eigenvalue weighted by Crippen LogP contribution is 2.26. The van der Waals surface area contributed by atoms with Crippen molar-refractivity contribution in [2.45, 2.75) is 39.3 Å². The van der Waals surface area contributed by atoms with Gasteiger partial charge in [-0.3, -0.25) is 4.79 Å². The lowest BCUT2D eigenvalue weighted by Crippen LogP contribution is -2.44. The molecule has 0 spiro atoms. The smallest absolute Gasteiger partial charge is 0.317 e.